The van der Waals surface area contributed by atoms with Gasteiger partial charge in [0.15, 0.2) is 0 Å². The predicted octanol–water partition coefficient (Wildman–Crippen LogP) is 3.69. The van der Waals surface area contributed by atoms with Gasteiger partial charge in [-0.25, -0.2) is 4.39 Å². The molecular weight excluding hydrogens is 297 g/mol. The Morgan fingerprint density at radius 1 is 1.35 bits per heavy atom. The van der Waals surface area contributed by atoms with Gasteiger partial charge in [0.1, 0.15) is 11.9 Å². The van der Waals surface area contributed by atoms with Gasteiger partial charge in [0.2, 0.25) is 17.5 Å². The molecular formula is C17H18FN3O2. The summed E-state index contributed by atoms with van der Waals surface area (Å²) in [7, 11) is 0. The predicted molar refractivity (Wildman–Crippen MR) is 86.1 cm³/mol. The van der Waals surface area contributed by atoms with E-state index >= 15 is 0 Å². The molecule has 2 rings (SSSR count). The lowest BCUT2D eigenvalue weighted by atomic mass is 10.2. The summed E-state index contributed by atoms with van der Waals surface area (Å²) in [6.45, 7) is 3.91. The van der Waals surface area contributed by atoms with Crippen LogP contribution in [-0.2, 0) is 4.74 Å². The van der Waals surface area contributed by atoms with Gasteiger partial charge in [-0.15, -0.1) is 0 Å². The molecule has 0 saturated heterocycles. The number of nitrogens with zero attached hydrogens (tertiary/aromatic N) is 2. The molecule has 0 bridgehead atoms. The average molecular weight is 315 g/mol. The quantitative estimate of drug-likeness (QED) is 0.752. The Labute approximate surface area is 134 Å². The Morgan fingerprint density at radius 3 is 2.83 bits per heavy atom. The number of nitriles is 1. The number of anilines is 1. The Bertz CT molecular complexity index is 687. The molecule has 0 saturated carbocycles. The molecule has 0 aliphatic heterocycles. The summed E-state index contributed by atoms with van der Waals surface area (Å²) in [5.41, 5.74) is 1.02. The van der Waals surface area contributed by atoms with Crippen LogP contribution >= 0.6 is 0 Å². The van der Waals surface area contributed by atoms with Crippen molar-refractivity contribution in [1.82, 2.24) is 4.98 Å². The first-order valence-electron chi connectivity index (χ1n) is 7.39. The SMILES string of the molecule is CCOCCCNc1oc(C=Cc2ccc(F)cc2)nc1C#N. The molecule has 1 aromatic heterocycles. The summed E-state index contributed by atoms with van der Waals surface area (Å²) in [6, 6.07) is 8.04. The molecule has 0 fully saturated rings. The van der Waals surface area contributed by atoms with Crippen molar-refractivity contribution >= 4 is 18.0 Å². The van der Waals surface area contributed by atoms with Crippen molar-refractivity contribution in [2.75, 3.05) is 25.1 Å². The van der Waals surface area contributed by atoms with Crippen LogP contribution in [0.4, 0.5) is 10.3 Å². The van der Waals surface area contributed by atoms with Crippen molar-refractivity contribution < 1.29 is 13.5 Å². The highest BCUT2D eigenvalue weighted by molar-refractivity contribution is 5.67. The second-order valence-electron chi connectivity index (χ2n) is 4.70. The van der Waals surface area contributed by atoms with Crippen molar-refractivity contribution in [3.05, 3.63) is 47.2 Å². The van der Waals surface area contributed by atoms with E-state index < -0.39 is 0 Å². The molecule has 1 heterocycles. The summed E-state index contributed by atoms with van der Waals surface area (Å²) >= 11 is 0. The van der Waals surface area contributed by atoms with Crippen molar-refractivity contribution in [1.29, 1.82) is 5.26 Å². The van der Waals surface area contributed by atoms with Crippen molar-refractivity contribution in [3.8, 4) is 6.07 Å². The summed E-state index contributed by atoms with van der Waals surface area (Å²) in [4.78, 5) is 4.09. The number of ether oxygens (including phenoxy) is 1. The molecule has 0 atom stereocenters. The van der Waals surface area contributed by atoms with Gasteiger partial charge in [-0.1, -0.05) is 12.1 Å². The maximum atomic E-state index is 12.8. The zero-order valence-corrected chi connectivity index (χ0v) is 12.9. The Morgan fingerprint density at radius 2 is 2.13 bits per heavy atom. The van der Waals surface area contributed by atoms with E-state index in [1.165, 1.54) is 12.1 Å². The molecule has 0 unspecified atom stereocenters. The lowest BCUT2D eigenvalue weighted by molar-refractivity contribution is 0.147. The smallest absolute Gasteiger partial charge is 0.232 e. The third-order valence-electron chi connectivity index (χ3n) is 2.99. The van der Waals surface area contributed by atoms with Gasteiger partial charge in [0, 0.05) is 25.8 Å². The maximum absolute atomic E-state index is 12.8. The molecule has 1 aromatic carbocycles. The first kappa shape index (κ1) is 16.7. The van der Waals surface area contributed by atoms with Gasteiger partial charge >= 0.3 is 0 Å². The highest BCUT2D eigenvalue weighted by Crippen LogP contribution is 2.18. The first-order chi connectivity index (χ1) is 11.2. The Hall–Kier alpha value is -2.65. The van der Waals surface area contributed by atoms with Crippen LogP contribution in [0.25, 0.3) is 12.2 Å². The number of hydrogen-bond donors (Lipinski definition) is 1. The van der Waals surface area contributed by atoms with Crippen LogP contribution in [0.1, 0.15) is 30.5 Å². The van der Waals surface area contributed by atoms with Gasteiger partial charge in [-0.05, 0) is 37.1 Å². The summed E-state index contributed by atoms with van der Waals surface area (Å²) < 4.78 is 23.6. The zero-order valence-electron chi connectivity index (χ0n) is 12.9. The fraction of sp³-hybridized carbons (Fsp3) is 0.294. The molecule has 0 aliphatic carbocycles. The van der Waals surface area contributed by atoms with Crippen molar-refractivity contribution in [3.63, 3.8) is 0 Å². The molecule has 23 heavy (non-hydrogen) atoms. The molecule has 5 nitrogen and oxygen atoms in total. The van der Waals surface area contributed by atoms with E-state index in [0.29, 0.717) is 31.5 Å². The zero-order chi connectivity index (χ0) is 16.5. The van der Waals surface area contributed by atoms with Crippen molar-refractivity contribution in [2.45, 2.75) is 13.3 Å². The van der Waals surface area contributed by atoms with E-state index in [9.17, 15) is 4.39 Å². The number of benzene rings is 1. The minimum absolute atomic E-state index is 0.208. The summed E-state index contributed by atoms with van der Waals surface area (Å²) in [5, 5.41) is 12.1. The van der Waals surface area contributed by atoms with Crippen LogP contribution in [0.15, 0.2) is 28.7 Å². The van der Waals surface area contributed by atoms with Crippen LogP contribution in [0.2, 0.25) is 0 Å². The lowest BCUT2D eigenvalue weighted by Crippen LogP contribution is -2.05. The summed E-state index contributed by atoms with van der Waals surface area (Å²) in [5.74, 6) is 0.379. The molecule has 1 N–H and O–H groups in total. The van der Waals surface area contributed by atoms with E-state index in [-0.39, 0.29) is 11.5 Å². The average Bonchev–Trinajstić information content (AvgIpc) is 2.96. The van der Waals surface area contributed by atoms with Gasteiger partial charge < -0.3 is 14.5 Å². The number of oxazole rings is 1. The fourth-order valence-electron chi connectivity index (χ4n) is 1.87. The maximum Gasteiger partial charge on any atom is 0.232 e. The van der Waals surface area contributed by atoms with Gasteiger partial charge in [-0.2, -0.15) is 10.2 Å². The second kappa shape index (κ2) is 8.71. The van der Waals surface area contributed by atoms with Crippen LogP contribution < -0.4 is 5.32 Å². The number of halogens is 1. The minimum Gasteiger partial charge on any atom is -0.420 e. The highest BCUT2D eigenvalue weighted by Gasteiger charge is 2.10. The van der Waals surface area contributed by atoms with E-state index in [2.05, 4.69) is 10.3 Å². The molecule has 0 amide bonds. The topological polar surface area (TPSA) is 71.1 Å². The van der Waals surface area contributed by atoms with Crippen molar-refractivity contribution in [2.24, 2.45) is 0 Å². The third-order valence-corrected chi connectivity index (χ3v) is 2.99. The van der Waals surface area contributed by atoms with Crippen LogP contribution in [-0.4, -0.2) is 24.7 Å². The molecule has 120 valence electrons. The number of hydrogen-bond acceptors (Lipinski definition) is 5. The molecule has 0 aliphatic rings. The fourth-order valence-corrected chi connectivity index (χ4v) is 1.87. The largest absolute Gasteiger partial charge is 0.420 e. The van der Waals surface area contributed by atoms with E-state index in [1.807, 2.05) is 13.0 Å². The van der Waals surface area contributed by atoms with Gasteiger partial charge in [-0.3, -0.25) is 0 Å². The minimum atomic E-state index is -0.288. The van der Waals surface area contributed by atoms with Gasteiger partial charge in [0.25, 0.3) is 0 Å². The van der Waals surface area contributed by atoms with E-state index in [4.69, 9.17) is 14.4 Å². The number of aromatic nitrogens is 1. The molecule has 0 spiro atoms. The second-order valence-corrected chi connectivity index (χ2v) is 4.70. The first-order valence-corrected chi connectivity index (χ1v) is 7.39. The Balaban J connectivity index is 1.97. The Kier molecular flexibility index (Phi) is 6.33. The summed E-state index contributed by atoms with van der Waals surface area (Å²) in [6.07, 6.45) is 4.19. The number of nitrogens with one attached hydrogen (secondary N) is 1. The highest BCUT2D eigenvalue weighted by atomic mass is 19.1. The standard InChI is InChI=1S/C17H18FN3O2/c1-2-22-11-3-10-20-17-15(12-19)21-16(23-17)9-6-13-4-7-14(18)8-5-13/h4-9,20H,2-3,10-11H2,1H3. The number of rotatable bonds is 8. The van der Waals surface area contributed by atoms with Gasteiger partial charge in [0.05, 0.1) is 0 Å². The third kappa shape index (κ3) is 5.24. The normalized spacial score (nSPS) is 10.8. The van der Waals surface area contributed by atoms with Crippen LogP contribution in [0, 0.1) is 17.1 Å². The molecule has 6 heteroatoms. The van der Waals surface area contributed by atoms with E-state index in [0.717, 1.165) is 12.0 Å². The van der Waals surface area contributed by atoms with Crippen LogP contribution in [0.3, 0.4) is 0 Å². The van der Waals surface area contributed by atoms with Crippen LogP contribution in [0.5, 0.6) is 0 Å². The lowest BCUT2D eigenvalue weighted by Gasteiger charge is -2.02. The molecule has 2 aromatic rings. The van der Waals surface area contributed by atoms with E-state index in [1.54, 1.807) is 24.3 Å². The monoisotopic (exact) mass is 315 g/mol. The molecule has 0 radical (unpaired) electrons.